The van der Waals surface area contributed by atoms with Gasteiger partial charge in [-0.1, -0.05) is 63.7 Å². The molecule has 0 amide bonds. The Labute approximate surface area is 140 Å². The fraction of sp³-hybridized carbons (Fsp3) is 0.154. The monoisotopic (exact) mass is 367 g/mol. The Kier molecular flexibility index (Phi) is 5.41. The lowest BCUT2D eigenvalue weighted by atomic mass is 10.1. The van der Waals surface area contributed by atoms with E-state index in [0.717, 1.165) is 6.08 Å². The minimum Gasteiger partial charge on any atom is -0.454 e. The van der Waals surface area contributed by atoms with E-state index in [1.165, 1.54) is 0 Å². The highest BCUT2D eigenvalue weighted by atomic mass is 35.5. The summed E-state index contributed by atoms with van der Waals surface area (Å²) in [5.41, 5.74) is 1.26. The van der Waals surface area contributed by atoms with Crippen molar-refractivity contribution in [2.75, 3.05) is 0 Å². The SMILES string of the molecule is OCc1cc(-c2cccc(OC(Cl)(Cl)C=C(Cl)Cl)c2)no1. The van der Waals surface area contributed by atoms with Gasteiger partial charge in [0.15, 0.2) is 5.76 Å². The molecule has 0 spiro atoms. The molecule has 21 heavy (non-hydrogen) atoms. The molecule has 1 N–H and O–H groups in total. The van der Waals surface area contributed by atoms with Crippen LogP contribution < -0.4 is 4.74 Å². The van der Waals surface area contributed by atoms with Crippen LogP contribution in [-0.4, -0.2) is 14.8 Å². The first-order valence-electron chi connectivity index (χ1n) is 5.67. The van der Waals surface area contributed by atoms with Crippen molar-refractivity contribution >= 4 is 46.4 Å². The van der Waals surface area contributed by atoms with E-state index in [1.807, 2.05) is 0 Å². The maximum absolute atomic E-state index is 8.96. The van der Waals surface area contributed by atoms with Gasteiger partial charge >= 0.3 is 0 Å². The third kappa shape index (κ3) is 4.80. The molecule has 0 unspecified atom stereocenters. The second kappa shape index (κ2) is 6.90. The Hall–Kier alpha value is -0.910. The van der Waals surface area contributed by atoms with Crippen LogP contribution in [-0.2, 0) is 6.61 Å². The summed E-state index contributed by atoms with van der Waals surface area (Å²) in [5.74, 6) is 0.745. The highest BCUT2D eigenvalue weighted by molar-refractivity contribution is 6.57. The summed E-state index contributed by atoms with van der Waals surface area (Å²) in [6.45, 7) is -0.228. The molecule has 0 aliphatic carbocycles. The van der Waals surface area contributed by atoms with Gasteiger partial charge in [0.25, 0.3) is 4.52 Å². The Balaban J connectivity index is 2.24. The van der Waals surface area contributed by atoms with Crippen LogP contribution in [0.3, 0.4) is 0 Å². The molecule has 1 aromatic heterocycles. The second-order valence-electron chi connectivity index (χ2n) is 3.96. The molecule has 0 saturated heterocycles. The Morgan fingerprint density at radius 1 is 1.33 bits per heavy atom. The highest BCUT2D eigenvalue weighted by Gasteiger charge is 2.24. The number of hydrogen-bond donors (Lipinski definition) is 1. The van der Waals surface area contributed by atoms with Crippen molar-refractivity contribution in [3.05, 3.63) is 46.7 Å². The first-order chi connectivity index (χ1) is 9.89. The van der Waals surface area contributed by atoms with Gasteiger partial charge in [0.1, 0.15) is 22.5 Å². The zero-order chi connectivity index (χ0) is 15.5. The van der Waals surface area contributed by atoms with Gasteiger partial charge in [0.05, 0.1) is 0 Å². The van der Waals surface area contributed by atoms with Gasteiger partial charge in [0.2, 0.25) is 0 Å². The van der Waals surface area contributed by atoms with Crippen molar-refractivity contribution in [2.24, 2.45) is 0 Å². The predicted molar refractivity (Wildman–Crippen MR) is 82.7 cm³/mol. The van der Waals surface area contributed by atoms with E-state index in [0.29, 0.717) is 22.8 Å². The summed E-state index contributed by atoms with van der Waals surface area (Å²) in [5, 5.41) is 12.8. The van der Waals surface area contributed by atoms with Crippen LogP contribution in [0.25, 0.3) is 11.3 Å². The molecule has 0 atom stereocenters. The highest BCUT2D eigenvalue weighted by Crippen LogP contribution is 2.32. The molecule has 112 valence electrons. The maximum Gasteiger partial charge on any atom is 0.280 e. The standard InChI is InChI=1S/C13H9Cl4NO3/c14-12(15)6-13(16,17)20-9-3-1-2-8(4-9)11-5-10(7-19)21-18-11/h1-6,19H,7H2. The lowest BCUT2D eigenvalue weighted by molar-refractivity contribution is 0.229. The summed E-state index contributed by atoms with van der Waals surface area (Å²) in [6.07, 6.45) is 1.14. The van der Waals surface area contributed by atoms with E-state index in [4.69, 9.17) is 60.8 Å². The van der Waals surface area contributed by atoms with Crippen LogP contribution >= 0.6 is 46.4 Å². The van der Waals surface area contributed by atoms with E-state index in [9.17, 15) is 0 Å². The topological polar surface area (TPSA) is 55.5 Å². The van der Waals surface area contributed by atoms with Crippen molar-refractivity contribution in [3.63, 3.8) is 0 Å². The van der Waals surface area contributed by atoms with Crippen molar-refractivity contribution < 1.29 is 14.4 Å². The fourth-order valence-corrected chi connectivity index (χ4v) is 2.48. The third-order valence-corrected chi connectivity index (χ3v) is 2.97. The normalized spacial score (nSPS) is 11.3. The summed E-state index contributed by atoms with van der Waals surface area (Å²) in [6, 6.07) is 8.46. The number of aliphatic hydroxyl groups excluding tert-OH is 1. The number of hydrogen-bond acceptors (Lipinski definition) is 4. The molecular weight excluding hydrogens is 360 g/mol. The average Bonchev–Trinajstić information content (AvgIpc) is 2.85. The lowest BCUT2D eigenvalue weighted by Crippen LogP contribution is -2.18. The first kappa shape index (κ1) is 16.5. The number of aromatic nitrogens is 1. The second-order valence-corrected chi connectivity index (χ2v) is 6.29. The predicted octanol–water partition coefficient (Wildman–Crippen LogP) is 4.66. The molecular formula is C13H9Cl4NO3. The van der Waals surface area contributed by atoms with E-state index in [2.05, 4.69) is 5.16 Å². The number of ether oxygens (including phenoxy) is 1. The quantitative estimate of drug-likeness (QED) is 0.779. The molecule has 4 nitrogen and oxygen atoms in total. The van der Waals surface area contributed by atoms with Crippen molar-refractivity contribution in [2.45, 2.75) is 11.1 Å². The number of aliphatic hydroxyl groups is 1. The average molecular weight is 369 g/mol. The smallest absolute Gasteiger partial charge is 0.280 e. The van der Waals surface area contributed by atoms with Gasteiger partial charge in [0, 0.05) is 17.7 Å². The first-order valence-corrected chi connectivity index (χ1v) is 7.18. The molecule has 1 heterocycles. The van der Waals surface area contributed by atoms with Crippen molar-refractivity contribution in [1.29, 1.82) is 0 Å². The summed E-state index contributed by atoms with van der Waals surface area (Å²) >= 11 is 22.9. The summed E-state index contributed by atoms with van der Waals surface area (Å²) in [7, 11) is 0. The molecule has 0 fully saturated rings. The molecule has 0 saturated carbocycles. The molecule has 1 aromatic carbocycles. The molecule has 0 aliphatic heterocycles. The number of alkyl halides is 2. The van der Waals surface area contributed by atoms with Crippen LogP contribution in [0.4, 0.5) is 0 Å². The molecule has 2 aromatic rings. The van der Waals surface area contributed by atoms with Crippen LogP contribution in [0.5, 0.6) is 5.75 Å². The Morgan fingerprint density at radius 3 is 2.71 bits per heavy atom. The fourth-order valence-electron chi connectivity index (χ4n) is 1.56. The molecule has 0 bridgehead atoms. The Bertz CT molecular complexity index is 650. The maximum atomic E-state index is 8.96. The van der Waals surface area contributed by atoms with Crippen LogP contribution in [0.2, 0.25) is 0 Å². The van der Waals surface area contributed by atoms with Gasteiger partial charge < -0.3 is 14.4 Å². The summed E-state index contributed by atoms with van der Waals surface area (Å²) in [4.78, 5) is 0. The van der Waals surface area contributed by atoms with E-state index < -0.39 is 4.52 Å². The van der Waals surface area contributed by atoms with E-state index in [1.54, 1.807) is 30.3 Å². The number of rotatable bonds is 5. The minimum atomic E-state index is -1.70. The zero-order valence-corrected chi connectivity index (χ0v) is 13.4. The molecule has 2 rings (SSSR count). The van der Waals surface area contributed by atoms with Gasteiger partial charge in [-0.2, -0.15) is 0 Å². The largest absolute Gasteiger partial charge is 0.454 e. The van der Waals surface area contributed by atoms with Crippen LogP contribution in [0, 0.1) is 0 Å². The molecule has 8 heteroatoms. The van der Waals surface area contributed by atoms with Gasteiger partial charge in [-0.05, 0) is 12.1 Å². The number of halogens is 4. The van der Waals surface area contributed by atoms with Gasteiger partial charge in [-0.15, -0.1) is 0 Å². The lowest BCUT2D eigenvalue weighted by Gasteiger charge is -2.17. The van der Waals surface area contributed by atoms with Crippen molar-refractivity contribution in [3.8, 4) is 17.0 Å². The minimum absolute atomic E-state index is 0.111. The summed E-state index contributed by atoms with van der Waals surface area (Å²) < 4.78 is 8.50. The third-order valence-electron chi connectivity index (χ3n) is 2.38. The van der Waals surface area contributed by atoms with Crippen LogP contribution in [0.1, 0.15) is 5.76 Å². The molecule has 0 radical (unpaired) electrons. The van der Waals surface area contributed by atoms with E-state index >= 15 is 0 Å². The molecule has 0 aliphatic rings. The van der Waals surface area contributed by atoms with E-state index in [-0.39, 0.29) is 11.1 Å². The Morgan fingerprint density at radius 2 is 2.10 bits per heavy atom. The zero-order valence-electron chi connectivity index (χ0n) is 10.4. The number of benzene rings is 1. The number of nitrogens with zero attached hydrogens (tertiary/aromatic N) is 1. The van der Waals surface area contributed by atoms with Gasteiger partial charge in [-0.3, -0.25) is 0 Å². The van der Waals surface area contributed by atoms with Crippen LogP contribution in [0.15, 0.2) is 45.4 Å². The van der Waals surface area contributed by atoms with Gasteiger partial charge in [-0.25, -0.2) is 0 Å². The van der Waals surface area contributed by atoms with Crippen molar-refractivity contribution in [1.82, 2.24) is 5.16 Å².